The van der Waals surface area contributed by atoms with Gasteiger partial charge in [0.25, 0.3) is 0 Å². The van der Waals surface area contributed by atoms with Gasteiger partial charge in [0.2, 0.25) is 0 Å². The summed E-state index contributed by atoms with van der Waals surface area (Å²) >= 11 is 0. The Morgan fingerprint density at radius 1 is 1.80 bits per heavy atom. The Kier molecular flexibility index (Phi) is 4.88. The van der Waals surface area contributed by atoms with Gasteiger partial charge in [0.1, 0.15) is 6.04 Å². The molecule has 0 amide bonds. The summed E-state index contributed by atoms with van der Waals surface area (Å²) in [5, 5.41) is 2.89. The van der Waals surface area contributed by atoms with Crippen LogP contribution >= 0.6 is 0 Å². The number of ether oxygens (including phenoxy) is 1. The van der Waals surface area contributed by atoms with Crippen LogP contribution in [0.2, 0.25) is 0 Å². The maximum atomic E-state index is 10.6. The molecule has 3 N–H and O–H groups in total. The summed E-state index contributed by atoms with van der Waals surface area (Å²) in [6.07, 6.45) is 0.614. The van der Waals surface area contributed by atoms with Crippen LogP contribution in [-0.2, 0) is 9.53 Å². The van der Waals surface area contributed by atoms with Crippen LogP contribution in [0.15, 0.2) is 0 Å². The fraction of sp³-hybridized carbons (Fsp3) is 0.833. The van der Waals surface area contributed by atoms with E-state index in [-0.39, 0.29) is 5.97 Å². The Morgan fingerprint density at radius 2 is 2.40 bits per heavy atom. The monoisotopic (exact) mass is 146 g/mol. The van der Waals surface area contributed by atoms with E-state index in [1.807, 2.05) is 7.05 Å². The maximum absolute atomic E-state index is 10.6. The molecule has 0 aliphatic rings. The molecular formula is C6H14N2O2. The highest BCUT2D eigenvalue weighted by atomic mass is 16.5. The van der Waals surface area contributed by atoms with E-state index in [2.05, 4.69) is 10.1 Å². The summed E-state index contributed by atoms with van der Waals surface area (Å²) in [5.74, 6) is -0.352. The molecule has 0 heterocycles. The number of nitrogens with one attached hydrogen (secondary N) is 1. The van der Waals surface area contributed by atoms with Gasteiger partial charge < -0.3 is 15.8 Å². The normalized spacial score (nSPS) is 12.7. The minimum atomic E-state index is -0.488. The third-order valence-corrected chi connectivity index (χ3v) is 1.21. The van der Waals surface area contributed by atoms with Crippen molar-refractivity contribution in [3.8, 4) is 0 Å². The molecule has 0 fully saturated rings. The number of carbonyl (C=O) groups is 1. The highest BCUT2D eigenvalue weighted by Gasteiger charge is 2.11. The van der Waals surface area contributed by atoms with Crippen molar-refractivity contribution in [2.24, 2.45) is 5.73 Å². The van der Waals surface area contributed by atoms with Gasteiger partial charge >= 0.3 is 5.97 Å². The molecule has 4 heteroatoms. The van der Waals surface area contributed by atoms with Crippen LogP contribution in [0.5, 0.6) is 0 Å². The van der Waals surface area contributed by atoms with Crippen molar-refractivity contribution in [2.45, 2.75) is 12.5 Å². The molecule has 0 saturated heterocycles. The van der Waals surface area contributed by atoms with Crippen molar-refractivity contribution in [3.63, 3.8) is 0 Å². The van der Waals surface area contributed by atoms with E-state index in [4.69, 9.17) is 5.73 Å². The van der Waals surface area contributed by atoms with Crippen molar-refractivity contribution in [1.82, 2.24) is 5.32 Å². The first-order valence-corrected chi connectivity index (χ1v) is 3.20. The summed E-state index contributed by atoms with van der Waals surface area (Å²) in [6, 6.07) is -0.488. The van der Waals surface area contributed by atoms with E-state index in [0.717, 1.165) is 6.54 Å². The van der Waals surface area contributed by atoms with Crippen LogP contribution in [0, 0.1) is 0 Å². The van der Waals surface area contributed by atoms with Crippen LogP contribution in [0.3, 0.4) is 0 Å². The lowest BCUT2D eigenvalue weighted by molar-refractivity contribution is -0.142. The van der Waals surface area contributed by atoms with Crippen molar-refractivity contribution in [2.75, 3.05) is 20.7 Å². The molecule has 0 bridgehead atoms. The summed E-state index contributed by atoms with van der Waals surface area (Å²) in [5.41, 5.74) is 5.40. The van der Waals surface area contributed by atoms with Gasteiger partial charge in [0.05, 0.1) is 7.11 Å². The molecule has 1 atom stereocenters. The summed E-state index contributed by atoms with van der Waals surface area (Å²) in [4.78, 5) is 10.6. The predicted molar refractivity (Wildman–Crippen MR) is 38.5 cm³/mol. The van der Waals surface area contributed by atoms with E-state index >= 15 is 0 Å². The van der Waals surface area contributed by atoms with Gasteiger partial charge in [-0.15, -0.1) is 0 Å². The number of methoxy groups -OCH3 is 1. The molecule has 0 aromatic carbocycles. The highest BCUT2D eigenvalue weighted by Crippen LogP contribution is 1.88. The molecule has 0 unspecified atom stereocenters. The van der Waals surface area contributed by atoms with Gasteiger partial charge in [-0.25, -0.2) is 0 Å². The Hall–Kier alpha value is -0.610. The van der Waals surface area contributed by atoms with E-state index < -0.39 is 6.04 Å². The lowest BCUT2D eigenvalue weighted by Crippen LogP contribution is -2.34. The maximum Gasteiger partial charge on any atom is 0.322 e. The van der Waals surface area contributed by atoms with Gasteiger partial charge in [0, 0.05) is 0 Å². The molecule has 10 heavy (non-hydrogen) atoms. The first kappa shape index (κ1) is 9.39. The largest absolute Gasteiger partial charge is 0.468 e. The number of carbonyl (C=O) groups excluding carboxylic acids is 1. The lowest BCUT2D eigenvalue weighted by Gasteiger charge is -2.07. The van der Waals surface area contributed by atoms with Crippen LogP contribution < -0.4 is 11.1 Å². The SMILES string of the molecule is CNCC[C@H](N)C(=O)OC. The van der Waals surface area contributed by atoms with Gasteiger partial charge in [-0.05, 0) is 20.0 Å². The quantitative estimate of drug-likeness (QED) is 0.504. The lowest BCUT2D eigenvalue weighted by atomic mass is 10.2. The molecule has 0 aliphatic heterocycles. The highest BCUT2D eigenvalue weighted by molar-refractivity contribution is 5.75. The topological polar surface area (TPSA) is 64.3 Å². The van der Waals surface area contributed by atoms with Crippen LogP contribution in [0.4, 0.5) is 0 Å². The fourth-order valence-electron chi connectivity index (χ4n) is 0.569. The van der Waals surface area contributed by atoms with Gasteiger partial charge in [-0.1, -0.05) is 0 Å². The fourth-order valence-corrected chi connectivity index (χ4v) is 0.569. The molecule has 0 aliphatic carbocycles. The van der Waals surface area contributed by atoms with Crippen LogP contribution in [-0.4, -0.2) is 32.7 Å². The predicted octanol–water partition coefficient (Wildman–Crippen LogP) is -0.904. The van der Waals surface area contributed by atoms with Crippen LogP contribution in [0.1, 0.15) is 6.42 Å². The molecule has 60 valence electrons. The molecule has 0 spiro atoms. The number of hydrogen-bond donors (Lipinski definition) is 2. The second kappa shape index (κ2) is 5.20. The Balaban J connectivity index is 3.41. The van der Waals surface area contributed by atoms with Crippen molar-refractivity contribution in [1.29, 1.82) is 0 Å². The average molecular weight is 146 g/mol. The number of esters is 1. The van der Waals surface area contributed by atoms with Crippen LogP contribution in [0.25, 0.3) is 0 Å². The standard InChI is InChI=1S/C6H14N2O2/c1-8-4-3-5(7)6(9)10-2/h5,8H,3-4,7H2,1-2H3/t5-/m0/s1. The molecule has 0 rings (SSSR count). The van der Waals surface area contributed by atoms with Crippen molar-refractivity contribution < 1.29 is 9.53 Å². The minimum Gasteiger partial charge on any atom is -0.468 e. The molecule has 4 nitrogen and oxygen atoms in total. The molecule has 0 aromatic rings. The molecule has 0 aromatic heterocycles. The first-order valence-electron chi connectivity index (χ1n) is 3.20. The van der Waals surface area contributed by atoms with Gasteiger partial charge in [-0.3, -0.25) is 4.79 Å². The second-order valence-corrected chi connectivity index (χ2v) is 2.02. The summed E-state index contributed by atoms with van der Waals surface area (Å²) < 4.78 is 4.42. The summed E-state index contributed by atoms with van der Waals surface area (Å²) in [7, 11) is 3.14. The van der Waals surface area contributed by atoms with Gasteiger partial charge in [0.15, 0.2) is 0 Å². The van der Waals surface area contributed by atoms with Crippen molar-refractivity contribution in [3.05, 3.63) is 0 Å². The first-order chi connectivity index (χ1) is 4.72. The van der Waals surface area contributed by atoms with Crippen molar-refractivity contribution >= 4 is 5.97 Å². The second-order valence-electron chi connectivity index (χ2n) is 2.02. The third-order valence-electron chi connectivity index (χ3n) is 1.21. The Bertz CT molecular complexity index is 106. The summed E-state index contributed by atoms with van der Waals surface area (Å²) in [6.45, 7) is 0.732. The van der Waals surface area contributed by atoms with E-state index in [1.165, 1.54) is 7.11 Å². The molecule has 0 saturated carbocycles. The zero-order valence-electron chi connectivity index (χ0n) is 6.39. The average Bonchev–Trinajstić information content (AvgIpc) is 1.98. The number of hydrogen-bond acceptors (Lipinski definition) is 4. The Morgan fingerprint density at radius 3 is 2.80 bits per heavy atom. The molecule has 0 radical (unpaired) electrons. The Labute approximate surface area is 60.7 Å². The minimum absolute atomic E-state index is 0.352. The zero-order chi connectivity index (χ0) is 7.98. The zero-order valence-corrected chi connectivity index (χ0v) is 6.39. The molecular weight excluding hydrogens is 132 g/mol. The third kappa shape index (κ3) is 3.42. The number of nitrogens with two attached hydrogens (primary N) is 1. The van der Waals surface area contributed by atoms with E-state index in [0.29, 0.717) is 6.42 Å². The number of rotatable bonds is 4. The van der Waals surface area contributed by atoms with Gasteiger partial charge in [-0.2, -0.15) is 0 Å². The van der Waals surface area contributed by atoms with E-state index in [9.17, 15) is 4.79 Å². The smallest absolute Gasteiger partial charge is 0.322 e. The van der Waals surface area contributed by atoms with E-state index in [1.54, 1.807) is 0 Å².